The predicted molar refractivity (Wildman–Crippen MR) is 80.5 cm³/mol. The molecule has 0 radical (unpaired) electrons. The van der Waals surface area contributed by atoms with Crippen molar-refractivity contribution in [2.75, 3.05) is 0 Å². The van der Waals surface area contributed by atoms with Gasteiger partial charge in [0.05, 0.1) is 5.52 Å². The highest BCUT2D eigenvalue weighted by atomic mass is 32.2. The highest BCUT2D eigenvalue weighted by Gasteiger charge is 2.07. The van der Waals surface area contributed by atoms with E-state index in [9.17, 15) is 0 Å². The molecule has 0 fully saturated rings. The Morgan fingerprint density at radius 2 is 2.00 bits per heavy atom. The Kier molecular flexibility index (Phi) is 3.62. The maximum atomic E-state index is 5.71. The number of aryl methyl sites for hydroxylation is 1. The third-order valence-electron chi connectivity index (χ3n) is 2.93. The van der Waals surface area contributed by atoms with Crippen molar-refractivity contribution in [3.8, 4) is 0 Å². The lowest BCUT2D eigenvalue weighted by molar-refractivity contribution is 0.983. The summed E-state index contributed by atoms with van der Waals surface area (Å²) in [6, 6.07) is 12.0. The van der Waals surface area contributed by atoms with E-state index in [2.05, 4.69) is 15.0 Å². The predicted octanol–water partition coefficient (Wildman–Crippen LogP) is 2.94. The molecule has 2 aromatic heterocycles. The number of nitrogens with zero attached hydrogens (tertiary/aromatic N) is 3. The summed E-state index contributed by atoms with van der Waals surface area (Å²) in [5, 5.41) is 2.86. The SMILES string of the molecule is Cc1cc(CN)cc(Sc2ncnc3ccccc23)n1. The molecule has 2 heterocycles. The Labute approximate surface area is 121 Å². The molecule has 0 aliphatic carbocycles. The van der Waals surface area contributed by atoms with Gasteiger partial charge in [-0.1, -0.05) is 18.2 Å². The van der Waals surface area contributed by atoms with Gasteiger partial charge in [-0.15, -0.1) is 0 Å². The third kappa shape index (κ3) is 2.64. The van der Waals surface area contributed by atoms with Crippen molar-refractivity contribution in [2.45, 2.75) is 23.5 Å². The van der Waals surface area contributed by atoms with Gasteiger partial charge in [0.25, 0.3) is 0 Å². The number of pyridine rings is 1. The van der Waals surface area contributed by atoms with Crippen LogP contribution >= 0.6 is 11.8 Å². The van der Waals surface area contributed by atoms with Gasteiger partial charge >= 0.3 is 0 Å². The fraction of sp³-hybridized carbons (Fsp3) is 0.133. The molecule has 20 heavy (non-hydrogen) atoms. The zero-order chi connectivity index (χ0) is 13.9. The van der Waals surface area contributed by atoms with E-state index in [1.54, 1.807) is 18.1 Å². The fourth-order valence-corrected chi connectivity index (χ4v) is 3.02. The van der Waals surface area contributed by atoms with Crippen molar-refractivity contribution in [1.29, 1.82) is 0 Å². The zero-order valence-electron chi connectivity index (χ0n) is 11.1. The van der Waals surface area contributed by atoms with Gasteiger partial charge in [0.15, 0.2) is 0 Å². The van der Waals surface area contributed by atoms with Gasteiger partial charge in [-0.3, -0.25) is 0 Å². The van der Waals surface area contributed by atoms with Gasteiger partial charge in [-0.05, 0) is 42.4 Å². The molecule has 0 atom stereocenters. The van der Waals surface area contributed by atoms with Crippen LogP contribution in [0.15, 0.2) is 52.8 Å². The first-order valence-electron chi connectivity index (χ1n) is 6.31. The van der Waals surface area contributed by atoms with Crippen LogP contribution < -0.4 is 5.73 Å². The van der Waals surface area contributed by atoms with Gasteiger partial charge < -0.3 is 5.73 Å². The summed E-state index contributed by atoms with van der Waals surface area (Å²) in [5.41, 5.74) is 8.70. The fourth-order valence-electron chi connectivity index (χ4n) is 2.04. The molecule has 0 amide bonds. The van der Waals surface area contributed by atoms with Crippen molar-refractivity contribution < 1.29 is 0 Å². The molecule has 2 N–H and O–H groups in total. The number of para-hydroxylation sites is 1. The lowest BCUT2D eigenvalue weighted by Gasteiger charge is -2.06. The Morgan fingerprint density at radius 3 is 2.85 bits per heavy atom. The minimum absolute atomic E-state index is 0.515. The second kappa shape index (κ2) is 5.56. The highest BCUT2D eigenvalue weighted by molar-refractivity contribution is 7.99. The number of fused-ring (bicyclic) bond motifs is 1. The lowest BCUT2D eigenvalue weighted by atomic mass is 10.2. The lowest BCUT2D eigenvalue weighted by Crippen LogP contribution is -1.98. The highest BCUT2D eigenvalue weighted by Crippen LogP contribution is 2.30. The van der Waals surface area contributed by atoms with Gasteiger partial charge in [0.1, 0.15) is 16.4 Å². The average molecular weight is 282 g/mol. The van der Waals surface area contributed by atoms with E-state index in [1.165, 1.54) is 0 Å². The Bertz CT molecular complexity index is 752. The monoisotopic (exact) mass is 282 g/mol. The van der Waals surface area contributed by atoms with E-state index < -0.39 is 0 Å². The molecular formula is C15H14N4S. The summed E-state index contributed by atoms with van der Waals surface area (Å²) in [6.07, 6.45) is 1.59. The number of hydrogen-bond acceptors (Lipinski definition) is 5. The van der Waals surface area contributed by atoms with Crippen LogP contribution in [0.3, 0.4) is 0 Å². The minimum atomic E-state index is 0.515. The summed E-state index contributed by atoms with van der Waals surface area (Å²) >= 11 is 1.54. The van der Waals surface area contributed by atoms with Crippen molar-refractivity contribution in [3.05, 3.63) is 54.0 Å². The molecule has 0 saturated carbocycles. The molecule has 0 spiro atoms. The molecule has 0 aliphatic rings. The topological polar surface area (TPSA) is 64.7 Å². The van der Waals surface area contributed by atoms with Gasteiger partial charge in [-0.25, -0.2) is 15.0 Å². The van der Waals surface area contributed by atoms with Gasteiger partial charge in [0, 0.05) is 17.6 Å². The Balaban J connectivity index is 2.03. The normalized spacial score (nSPS) is 10.9. The van der Waals surface area contributed by atoms with Crippen LogP contribution in [0.1, 0.15) is 11.3 Å². The molecule has 3 rings (SSSR count). The Hall–Kier alpha value is -1.98. The first-order chi connectivity index (χ1) is 9.76. The van der Waals surface area contributed by atoms with E-state index in [-0.39, 0.29) is 0 Å². The second-order valence-corrected chi connectivity index (χ2v) is 5.47. The van der Waals surface area contributed by atoms with E-state index in [4.69, 9.17) is 5.73 Å². The van der Waals surface area contributed by atoms with Crippen LogP contribution in [-0.4, -0.2) is 15.0 Å². The zero-order valence-corrected chi connectivity index (χ0v) is 11.9. The largest absolute Gasteiger partial charge is 0.326 e. The summed E-state index contributed by atoms with van der Waals surface area (Å²) in [7, 11) is 0. The Morgan fingerprint density at radius 1 is 1.15 bits per heavy atom. The second-order valence-electron chi connectivity index (χ2n) is 4.46. The molecule has 4 nitrogen and oxygen atoms in total. The summed E-state index contributed by atoms with van der Waals surface area (Å²) in [6.45, 7) is 2.49. The van der Waals surface area contributed by atoms with Crippen molar-refractivity contribution >= 4 is 22.7 Å². The maximum absolute atomic E-state index is 5.71. The van der Waals surface area contributed by atoms with Crippen LogP contribution in [0, 0.1) is 6.92 Å². The van der Waals surface area contributed by atoms with Crippen LogP contribution in [-0.2, 0) is 6.54 Å². The van der Waals surface area contributed by atoms with E-state index in [1.807, 2.05) is 43.3 Å². The molecule has 0 saturated heterocycles. The maximum Gasteiger partial charge on any atom is 0.117 e. The van der Waals surface area contributed by atoms with Crippen molar-refractivity contribution in [3.63, 3.8) is 0 Å². The number of aromatic nitrogens is 3. The van der Waals surface area contributed by atoms with Gasteiger partial charge in [-0.2, -0.15) is 0 Å². The number of nitrogens with two attached hydrogens (primary N) is 1. The third-order valence-corrected chi connectivity index (χ3v) is 3.87. The van der Waals surface area contributed by atoms with Crippen LogP contribution in [0.4, 0.5) is 0 Å². The smallest absolute Gasteiger partial charge is 0.117 e. The summed E-state index contributed by atoms with van der Waals surface area (Å²) in [4.78, 5) is 13.2. The van der Waals surface area contributed by atoms with E-state index in [0.717, 1.165) is 32.2 Å². The first-order valence-corrected chi connectivity index (χ1v) is 7.13. The quantitative estimate of drug-likeness (QED) is 0.748. The molecule has 1 aromatic carbocycles. The summed E-state index contributed by atoms with van der Waals surface area (Å²) < 4.78 is 0. The number of benzene rings is 1. The minimum Gasteiger partial charge on any atom is -0.326 e. The standard InChI is InChI=1S/C15H14N4S/c1-10-6-11(8-16)7-14(19-10)20-15-12-4-2-3-5-13(12)17-9-18-15/h2-7,9H,8,16H2,1H3. The first kappa shape index (κ1) is 13.0. The van der Waals surface area contributed by atoms with Crippen LogP contribution in [0.2, 0.25) is 0 Å². The van der Waals surface area contributed by atoms with Crippen molar-refractivity contribution in [1.82, 2.24) is 15.0 Å². The molecule has 3 aromatic rings. The van der Waals surface area contributed by atoms with E-state index >= 15 is 0 Å². The van der Waals surface area contributed by atoms with Gasteiger partial charge in [0.2, 0.25) is 0 Å². The van der Waals surface area contributed by atoms with Crippen molar-refractivity contribution in [2.24, 2.45) is 5.73 Å². The summed E-state index contributed by atoms with van der Waals surface area (Å²) in [5.74, 6) is 0. The number of rotatable bonds is 3. The molecule has 5 heteroatoms. The molecule has 100 valence electrons. The molecule has 0 unspecified atom stereocenters. The molecule has 0 aliphatic heterocycles. The molecule has 0 bridgehead atoms. The number of hydrogen-bond donors (Lipinski definition) is 1. The average Bonchev–Trinajstić information content (AvgIpc) is 2.47. The molecular weight excluding hydrogens is 268 g/mol. The van der Waals surface area contributed by atoms with E-state index in [0.29, 0.717) is 6.54 Å². The van der Waals surface area contributed by atoms with Crippen LogP contribution in [0.5, 0.6) is 0 Å². The van der Waals surface area contributed by atoms with Crippen LogP contribution in [0.25, 0.3) is 10.9 Å².